The minimum absolute atomic E-state index is 0.234. The van der Waals surface area contributed by atoms with Crippen LogP contribution in [0, 0.1) is 0 Å². The van der Waals surface area contributed by atoms with Crippen LogP contribution in [0.4, 0.5) is 14.5 Å². The van der Waals surface area contributed by atoms with Crippen LogP contribution in [0.15, 0.2) is 24.3 Å². The highest BCUT2D eigenvalue weighted by Crippen LogP contribution is 2.20. The van der Waals surface area contributed by atoms with Crippen LogP contribution in [0.2, 0.25) is 0 Å². The van der Waals surface area contributed by atoms with Gasteiger partial charge in [-0.1, -0.05) is 19.1 Å². The number of hydrogen-bond acceptors (Lipinski definition) is 2. The van der Waals surface area contributed by atoms with Gasteiger partial charge in [0.15, 0.2) is 0 Å². The van der Waals surface area contributed by atoms with Crippen molar-refractivity contribution in [1.29, 1.82) is 0 Å². The molecule has 17 heavy (non-hydrogen) atoms. The summed E-state index contributed by atoms with van der Waals surface area (Å²) in [7, 11) is 3.60. The smallest absolute Gasteiger partial charge is 0.255 e. The molecule has 0 saturated heterocycles. The maximum atomic E-state index is 12.2. The van der Waals surface area contributed by atoms with Crippen LogP contribution < -0.4 is 10.2 Å². The molecule has 1 atom stereocenters. The zero-order valence-electron chi connectivity index (χ0n) is 10.6. The summed E-state index contributed by atoms with van der Waals surface area (Å²) in [6, 6.07) is 8.07. The number of anilines is 1. The van der Waals surface area contributed by atoms with Gasteiger partial charge in [-0.3, -0.25) is 0 Å². The van der Waals surface area contributed by atoms with Crippen molar-refractivity contribution in [2.45, 2.75) is 25.8 Å². The highest BCUT2D eigenvalue weighted by Gasteiger charge is 2.10. The van der Waals surface area contributed by atoms with Crippen LogP contribution >= 0.6 is 0 Å². The van der Waals surface area contributed by atoms with Gasteiger partial charge in [0, 0.05) is 18.8 Å². The summed E-state index contributed by atoms with van der Waals surface area (Å²) in [6.45, 7) is 1.88. The molecule has 0 amide bonds. The summed E-state index contributed by atoms with van der Waals surface area (Å²) in [5, 5.41) is 3.22. The molecule has 0 aliphatic carbocycles. The minimum Gasteiger partial charge on any atom is -0.369 e. The van der Waals surface area contributed by atoms with E-state index in [1.54, 1.807) is 11.9 Å². The Bertz CT molecular complexity index is 321. The van der Waals surface area contributed by atoms with Gasteiger partial charge in [0.1, 0.15) is 0 Å². The topological polar surface area (TPSA) is 15.3 Å². The third kappa shape index (κ3) is 3.97. The summed E-state index contributed by atoms with van der Waals surface area (Å²) >= 11 is 0. The van der Waals surface area contributed by atoms with E-state index in [4.69, 9.17) is 0 Å². The number of hydrogen-bond donors (Lipinski definition) is 1. The minimum atomic E-state index is -2.31. The third-order valence-corrected chi connectivity index (χ3v) is 2.90. The number of benzene rings is 1. The Morgan fingerprint density at radius 3 is 2.24 bits per heavy atom. The highest BCUT2D eigenvalue weighted by molar-refractivity contribution is 5.47. The summed E-state index contributed by atoms with van der Waals surface area (Å²) in [5.74, 6) is 0. The first-order valence-electron chi connectivity index (χ1n) is 5.85. The molecule has 1 aromatic rings. The summed E-state index contributed by atoms with van der Waals surface area (Å²) in [5.41, 5.74) is 2.00. The van der Waals surface area contributed by atoms with E-state index in [1.807, 2.05) is 31.3 Å². The van der Waals surface area contributed by atoms with E-state index in [0.717, 1.165) is 12.1 Å². The molecule has 0 radical (unpaired) electrons. The molecule has 1 N–H and O–H groups in total. The van der Waals surface area contributed by atoms with Gasteiger partial charge in [-0.2, -0.15) is 0 Å². The fourth-order valence-corrected chi connectivity index (χ4v) is 1.88. The quantitative estimate of drug-likeness (QED) is 0.824. The van der Waals surface area contributed by atoms with Gasteiger partial charge >= 0.3 is 0 Å². The lowest BCUT2D eigenvalue weighted by Gasteiger charge is -2.20. The van der Waals surface area contributed by atoms with Crippen LogP contribution in [0.1, 0.15) is 24.9 Å². The van der Waals surface area contributed by atoms with Crippen LogP contribution in [0.3, 0.4) is 0 Å². The number of halogens is 2. The second-order valence-corrected chi connectivity index (χ2v) is 4.11. The lowest BCUT2D eigenvalue weighted by atomic mass is 10.0. The van der Waals surface area contributed by atoms with E-state index in [-0.39, 0.29) is 6.54 Å². The Balaban J connectivity index is 2.73. The van der Waals surface area contributed by atoms with Crippen LogP contribution in [0.25, 0.3) is 0 Å². The Kier molecular flexibility index (Phi) is 5.35. The van der Waals surface area contributed by atoms with Crippen molar-refractivity contribution in [3.05, 3.63) is 29.8 Å². The largest absolute Gasteiger partial charge is 0.369 e. The van der Waals surface area contributed by atoms with E-state index in [2.05, 4.69) is 12.2 Å². The predicted octanol–water partition coefficient (Wildman–Crippen LogP) is 3.06. The summed E-state index contributed by atoms with van der Waals surface area (Å²) in [4.78, 5) is 1.56. The number of nitrogens with zero attached hydrogens (tertiary/aromatic N) is 1. The number of alkyl halides is 2. The van der Waals surface area contributed by atoms with E-state index in [1.165, 1.54) is 5.56 Å². The fraction of sp³-hybridized carbons (Fsp3) is 0.538. The molecule has 4 heteroatoms. The second kappa shape index (κ2) is 6.55. The van der Waals surface area contributed by atoms with E-state index in [9.17, 15) is 8.78 Å². The SMILES string of the molecule is CCC(NC)c1ccc(N(C)CC(F)F)cc1. The third-order valence-electron chi connectivity index (χ3n) is 2.90. The lowest BCUT2D eigenvalue weighted by molar-refractivity contribution is 0.156. The zero-order chi connectivity index (χ0) is 12.8. The van der Waals surface area contributed by atoms with Gasteiger partial charge in [0.2, 0.25) is 0 Å². The Hall–Kier alpha value is -1.16. The van der Waals surface area contributed by atoms with Crippen molar-refractivity contribution in [2.24, 2.45) is 0 Å². The fourth-order valence-electron chi connectivity index (χ4n) is 1.88. The van der Waals surface area contributed by atoms with Gasteiger partial charge < -0.3 is 10.2 Å². The van der Waals surface area contributed by atoms with E-state index < -0.39 is 6.43 Å². The second-order valence-electron chi connectivity index (χ2n) is 4.11. The van der Waals surface area contributed by atoms with Gasteiger partial charge in [-0.05, 0) is 31.2 Å². The molecule has 1 rings (SSSR count). The van der Waals surface area contributed by atoms with Gasteiger partial charge in [0.05, 0.1) is 6.54 Å². The molecule has 0 aromatic heterocycles. The first-order valence-corrected chi connectivity index (χ1v) is 5.85. The maximum absolute atomic E-state index is 12.2. The molecular weight excluding hydrogens is 222 g/mol. The molecule has 0 aliphatic heterocycles. The molecule has 0 aliphatic rings. The molecule has 0 heterocycles. The van der Waals surface area contributed by atoms with Crippen molar-refractivity contribution < 1.29 is 8.78 Å². The average molecular weight is 242 g/mol. The van der Waals surface area contributed by atoms with Gasteiger partial charge in [-0.25, -0.2) is 8.78 Å². The molecule has 0 spiro atoms. The summed E-state index contributed by atoms with van der Waals surface area (Å²) in [6.07, 6.45) is -1.30. The first-order chi connectivity index (χ1) is 8.08. The maximum Gasteiger partial charge on any atom is 0.255 e. The van der Waals surface area contributed by atoms with E-state index >= 15 is 0 Å². The highest BCUT2D eigenvalue weighted by atomic mass is 19.3. The van der Waals surface area contributed by atoms with E-state index in [0.29, 0.717) is 6.04 Å². The molecule has 0 saturated carbocycles. The van der Waals surface area contributed by atoms with Crippen molar-refractivity contribution in [1.82, 2.24) is 5.32 Å². The first kappa shape index (κ1) is 13.9. The Labute approximate surface area is 102 Å². The molecule has 2 nitrogen and oxygen atoms in total. The molecule has 0 bridgehead atoms. The monoisotopic (exact) mass is 242 g/mol. The number of nitrogens with one attached hydrogen (secondary N) is 1. The van der Waals surface area contributed by atoms with Crippen molar-refractivity contribution in [3.8, 4) is 0 Å². The zero-order valence-corrected chi connectivity index (χ0v) is 10.6. The molecule has 0 fully saturated rings. The molecule has 1 unspecified atom stereocenters. The van der Waals surface area contributed by atoms with Crippen LogP contribution in [0.5, 0.6) is 0 Å². The van der Waals surface area contributed by atoms with Gasteiger partial charge in [0.25, 0.3) is 6.43 Å². The molecular formula is C13H20F2N2. The van der Waals surface area contributed by atoms with Gasteiger partial charge in [-0.15, -0.1) is 0 Å². The summed E-state index contributed by atoms with van der Waals surface area (Å²) < 4.78 is 24.5. The van der Waals surface area contributed by atoms with Crippen molar-refractivity contribution in [2.75, 3.05) is 25.5 Å². The number of rotatable bonds is 6. The predicted molar refractivity (Wildman–Crippen MR) is 67.8 cm³/mol. The average Bonchev–Trinajstić information content (AvgIpc) is 2.30. The normalized spacial score (nSPS) is 12.8. The Morgan fingerprint density at radius 1 is 1.24 bits per heavy atom. The van der Waals surface area contributed by atoms with Crippen LogP contribution in [-0.4, -0.2) is 27.1 Å². The lowest BCUT2D eigenvalue weighted by Crippen LogP contribution is -2.24. The van der Waals surface area contributed by atoms with Crippen molar-refractivity contribution >= 4 is 5.69 Å². The van der Waals surface area contributed by atoms with Crippen molar-refractivity contribution in [3.63, 3.8) is 0 Å². The Morgan fingerprint density at radius 2 is 1.82 bits per heavy atom. The molecule has 96 valence electrons. The van der Waals surface area contributed by atoms with Crippen LogP contribution in [-0.2, 0) is 0 Å². The molecule has 1 aromatic carbocycles. The standard InChI is InChI=1S/C13H20F2N2/c1-4-12(16-2)10-5-7-11(8-6-10)17(3)9-13(14)15/h5-8,12-13,16H,4,9H2,1-3H3.